The predicted molar refractivity (Wildman–Crippen MR) is 231 cm³/mol. The molecule has 0 bridgehead atoms. The number of alkyl carbamates (subject to hydrolysis) is 2. The summed E-state index contributed by atoms with van der Waals surface area (Å²) in [5.74, 6) is -0.695. The summed E-state index contributed by atoms with van der Waals surface area (Å²) in [5, 5.41) is 7.68. The molecule has 0 aliphatic carbocycles. The molecule has 0 aliphatic heterocycles. The summed E-state index contributed by atoms with van der Waals surface area (Å²) in [6.07, 6.45) is -0.186. The van der Waals surface area contributed by atoms with Gasteiger partial charge >= 0.3 is 30.5 Å². The molecule has 0 spiro atoms. The minimum atomic E-state index is -0.831. The molecule has 0 saturated heterocycles. The van der Waals surface area contributed by atoms with Crippen LogP contribution in [0.1, 0.15) is 114 Å². The van der Waals surface area contributed by atoms with Gasteiger partial charge in [-0.3, -0.25) is 15.4 Å². The van der Waals surface area contributed by atoms with Gasteiger partial charge in [-0.1, -0.05) is 47.6 Å². The molecule has 0 aliphatic rings. The number of benzene rings is 2. The van der Waals surface area contributed by atoms with Gasteiger partial charge in [-0.2, -0.15) is 19.2 Å². The van der Waals surface area contributed by atoms with Crippen molar-refractivity contribution in [3.05, 3.63) is 87.7 Å². The molecule has 0 radical (unpaired) electrons. The highest BCUT2D eigenvalue weighted by Crippen LogP contribution is 2.28. The van der Waals surface area contributed by atoms with Gasteiger partial charge in [0, 0.05) is 23.4 Å². The molecule has 3 amide bonds. The fraction of sp³-hybridized carbons (Fsp3) is 0.422. The van der Waals surface area contributed by atoms with Crippen LogP contribution in [0.3, 0.4) is 0 Å². The zero-order valence-corrected chi connectivity index (χ0v) is 38.0. The second-order valence-electron chi connectivity index (χ2n) is 18.2. The maximum Gasteiger partial charge on any atom is 0.414 e. The Morgan fingerprint density at radius 1 is 0.726 bits per heavy atom. The van der Waals surface area contributed by atoms with Crippen LogP contribution in [-0.4, -0.2) is 70.0 Å². The average molecular weight is 874 g/mol. The molecule has 0 atom stereocenters. The standard InChI is InChI=1S/C43H55N5O7S.2CO2/c1-40(2,3)23-32-21-27(25-56-32)24-48(26-41(4,5)6)35(49)34-19-15-29-22-31(18-20-33(29)45-34)53-36(50)28-13-16-30(17-14-28)44-37(46-38(51)54-42(7,8)9)47-39(52)55-43(10,11)12;2*2-1-3/h13-22,25H,23-24,26H2,1-12H3,(H2,44,46,47,51,52);;. The number of guanidine groups is 1. The minimum absolute atomic E-state index is 0.121. The Hall–Kier alpha value is -6.54. The Balaban J connectivity index is 0.00000208. The van der Waals surface area contributed by atoms with Crippen LogP contribution in [0.4, 0.5) is 15.3 Å². The molecular formula is C45H55N5O11S. The number of nitrogens with zero attached hydrogens (tertiary/aromatic N) is 3. The highest BCUT2D eigenvalue weighted by atomic mass is 32.1. The molecule has 4 aromatic rings. The molecule has 2 N–H and O–H groups in total. The predicted octanol–water partition coefficient (Wildman–Crippen LogP) is 8.66. The third-order valence-corrected chi connectivity index (χ3v) is 8.40. The number of esters is 1. The number of hydrogen-bond donors (Lipinski definition) is 2. The van der Waals surface area contributed by atoms with Gasteiger partial charge in [-0.25, -0.2) is 24.4 Å². The first-order valence-electron chi connectivity index (χ1n) is 19.3. The summed E-state index contributed by atoms with van der Waals surface area (Å²) in [6.45, 7) is 24.3. The van der Waals surface area contributed by atoms with Gasteiger partial charge < -0.3 is 19.1 Å². The minimum Gasteiger partial charge on any atom is -0.444 e. The molecule has 2 aromatic heterocycles. The number of nitrogens with one attached hydrogen (secondary N) is 2. The number of fused-ring (bicyclic) bond motifs is 1. The van der Waals surface area contributed by atoms with Gasteiger partial charge in [-0.05, 0) is 124 Å². The van der Waals surface area contributed by atoms with E-state index in [-0.39, 0.29) is 40.6 Å². The van der Waals surface area contributed by atoms with Crippen molar-refractivity contribution in [3.8, 4) is 5.75 Å². The first-order chi connectivity index (χ1) is 28.6. The topological polar surface area (TPSA) is 217 Å². The van der Waals surface area contributed by atoms with E-state index < -0.39 is 29.4 Å². The van der Waals surface area contributed by atoms with E-state index in [1.807, 2.05) is 4.90 Å². The lowest BCUT2D eigenvalue weighted by Gasteiger charge is -2.29. The van der Waals surface area contributed by atoms with Gasteiger partial charge in [0.05, 0.1) is 16.8 Å². The summed E-state index contributed by atoms with van der Waals surface area (Å²) in [6, 6.07) is 16.8. The first-order valence-corrected chi connectivity index (χ1v) is 20.2. The van der Waals surface area contributed by atoms with Crippen LogP contribution >= 0.6 is 11.3 Å². The third-order valence-electron chi connectivity index (χ3n) is 7.41. The van der Waals surface area contributed by atoms with E-state index in [9.17, 15) is 19.2 Å². The molecule has 0 saturated carbocycles. The van der Waals surface area contributed by atoms with Crippen molar-refractivity contribution in [2.75, 3.05) is 6.54 Å². The fourth-order valence-corrected chi connectivity index (χ4v) is 6.60. The van der Waals surface area contributed by atoms with Gasteiger partial charge in [-0.15, -0.1) is 11.3 Å². The van der Waals surface area contributed by atoms with E-state index in [0.717, 1.165) is 12.0 Å². The Bertz CT molecular complexity index is 2240. The highest BCUT2D eigenvalue weighted by molar-refractivity contribution is 7.10. The lowest BCUT2D eigenvalue weighted by molar-refractivity contribution is -0.193. The van der Waals surface area contributed by atoms with Crippen molar-refractivity contribution < 1.29 is 52.6 Å². The average Bonchev–Trinajstić information content (AvgIpc) is 3.54. The summed E-state index contributed by atoms with van der Waals surface area (Å²) in [5.41, 5.74) is 1.06. The quantitative estimate of drug-likeness (QED) is 0.0736. The van der Waals surface area contributed by atoms with Crippen LogP contribution in [0.25, 0.3) is 10.9 Å². The Morgan fingerprint density at radius 2 is 1.27 bits per heavy atom. The van der Waals surface area contributed by atoms with Crippen LogP contribution in [0.15, 0.2) is 71.0 Å². The molecule has 62 heavy (non-hydrogen) atoms. The zero-order valence-electron chi connectivity index (χ0n) is 37.2. The van der Waals surface area contributed by atoms with Crippen LogP contribution in [-0.2, 0) is 41.6 Å². The van der Waals surface area contributed by atoms with Crippen LogP contribution in [0.5, 0.6) is 5.75 Å². The van der Waals surface area contributed by atoms with E-state index in [2.05, 4.69) is 68.6 Å². The lowest BCUT2D eigenvalue weighted by atomic mass is 9.91. The number of pyridine rings is 1. The second-order valence-corrected chi connectivity index (χ2v) is 19.2. The van der Waals surface area contributed by atoms with Crippen molar-refractivity contribution >= 4 is 70.3 Å². The number of aliphatic imine (C=N–C) groups is 1. The third kappa shape index (κ3) is 19.7. The smallest absolute Gasteiger partial charge is 0.414 e. The molecule has 17 heteroatoms. The van der Waals surface area contributed by atoms with Crippen molar-refractivity contribution in [2.45, 2.75) is 107 Å². The van der Waals surface area contributed by atoms with Gasteiger partial charge in [0.15, 0.2) is 0 Å². The molecule has 332 valence electrons. The SMILES string of the molecule is CC(C)(C)Cc1cc(CN(CC(C)(C)C)C(=O)c2ccc3cc(OC(=O)c4ccc(N=C(NC(=O)OC(C)(C)C)NC(=O)OC(C)(C)C)cc4)ccc3n2)cs1.O=C=O.O=C=O. The number of amides is 3. The molecule has 16 nitrogen and oxygen atoms in total. The van der Waals surface area contributed by atoms with E-state index in [4.69, 9.17) is 38.4 Å². The zero-order chi connectivity index (χ0) is 47.1. The van der Waals surface area contributed by atoms with Crippen LogP contribution < -0.4 is 15.4 Å². The molecule has 0 fully saturated rings. The summed E-state index contributed by atoms with van der Waals surface area (Å²) >= 11 is 1.73. The first kappa shape index (κ1) is 51.6. The van der Waals surface area contributed by atoms with Crippen LogP contribution in [0, 0.1) is 10.8 Å². The van der Waals surface area contributed by atoms with Gasteiger partial charge in [0.25, 0.3) is 5.91 Å². The van der Waals surface area contributed by atoms with E-state index in [1.165, 1.54) is 29.1 Å². The number of thiophene rings is 1. The molecular weight excluding hydrogens is 819 g/mol. The fourth-order valence-electron chi connectivity index (χ4n) is 5.42. The largest absolute Gasteiger partial charge is 0.444 e. The molecule has 2 heterocycles. The van der Waals surface area contributed by atoms with Gasteiger partial charge in [0.2, 0.25) is 5.96 Å². The number of rotatable bonds is 8. The molecule has 4 rings (SSSR count). The van der Waals surface area contributed by atoms with E-state index >= 15 is 0 Å². The number of hydrogen-bond acceptors (Lipinski definition) is 14. The van der Waals surface area contributed by atoms with E-state index in [1.54, 1.807) is 83.2 Å². The van der Waals surface area contributed by atoms with E-state index in [0.29, 0.717) is 41.1 Å². The molecule has 0 unspecified atom stereocenters. The number of ether oxygens (including phenoxy) is 3. The van der Waals surface area contributed by atoms with Crippen molar-refractivity contribution in [3.63, 3.8) is 0 Å². The summed E-state index contributed by atoms with van der Waals surface area (Å²) in [7, 11) is 0. The van der Waals surface area contributed by atoms with Crippen molar-refractivity contribution in [2.24, 2.45) is 15.8 Å². The number of carbonyl (C=O) groups is 4. The molecule has 2 aromatic carbocycles. The van der Waals surface area contributed by atoms with Crippen LogP contribution in [0.2, 0.25) is 0 Å². The lowest BCUT2D eigenvalue weighted by Crippen LogP contribution is -2.47. The Labute approximate surface area is 365 Å². The summed E-state index contributed by atoms with van der Waals surface area (Å²) < 4.78 is 16.3. The number of aromatic nitrogens is 1. The highest BCUT2D eigenvalue weighted by Gasteiger charge is 2.25. The summed E-state index contributed by atoms with van der Waals surface area (Å²) in [4.78, 5) is 96.6. The van der Waals surface area contributed by atoms with Crippen molar-refractivity contribution in [1.82, 2.24) is 20.5 Å². The monoisotopic (exact) mass is 873 g/mol. The van der Waals surface area contributed by atoms with Gasteiger partial charge in [0.1, 0.15) is 22.6 Å². The normalized spacial score (nSPS) is 11.2. The Kier molecular flexibility index (Phi) is 18.6. The van der Waals surface area contributed by atoms with Crippen molar-refractivity contribution in [1.29, 1.82) is 0 Å². The maximum atomic E-state index is 13.9. The Morgan fingerprint density at radius 3 is 1.77 bits per heavy atom. The maximum absolute atomic E-state index is 13.9. The second kappa shape index (κ2) is 22.3. The number of carbonyl (C=O) groups excluding carboxylic acids is 8.